The van der Waals surface area contributed by atoms with Gasteiger partial charge in [0.1, 0.15) is 12.1 Å². The number of carbonyl (C=O) groups excluding carboxylic acids is 1. The zero-order valence-corrected chi connectivity index (χ0v) is 15.8. The van der Waals surface area contributed by atoms with Crippen LogP contribution >= 0.6 is 0 Å². The van der Waals surface area contributed by atoms with Gasteiger partial charge >= 0.3 is 12.1 Å². The molecule has 0 bridgehead atoms. The number of alkyl carbamates (subject to hydrolysis) is 1. The molecule has 3 rings (SSSR count). The molecule has 5 nitrogen and oxygen atoms in total. The molecule has 0 aliphatic heterocycles. The van der Waals surface area contributed by atoms with E-state index >= 15 is 0 Å². The van der Waals surface area contributed by atoms with Crippen molar-refractivity contribution >= 4 is 12.1 Å². The highest BCUT2D eigenvalue weighted by Gasteiger charge is 2.35. The number of rotatable bonds is 7. The summed E-state index contributed by atoms with van der Waals surface area (Å²) in [6.07, 6.45) is 5.67. The molecule has 1 atom stereocenters. The first-order valence-corrected chi connectivity index (χ1v) is 9.26. The molecular formula is C23H23NO4. The van der Waals surface area contributed by atoms with Gasteiger partial charge in [-0.2, -0.15) is 0 Å². The van der Waals surface area contributed by atoms with Crippen molar-refractivity contribution in [1.82, 2.24) is 5.32 Å². The van der Waals surface area contributed by atoms with Gasteiger partial charge in [-0.25, -0.2) is 9.59 Å². The molecular weight excluding hydrogens is 354 g/mol. The number of benzene rings is 2. The number of ether oxygens (including phenoxy) is 1. The Morgan fingerprint density at radius 2 is 1.71 bits per heavy atom. The fourth-order valence-corrected chi connectivity index (χ4v) is 3.63. The third-order valence-corrected chi connectivity index (χ3v) is 5.19. The molecule has 1 unspecified atom stereocenters. The van der Waals surface area contributed by atoms with Crippen molar-refractivity contribution in [2.75, 3.05) is 6.61 Å². The van der Waals surface area contributed by atoms with Crippen LogP contribution < -0.4 is 5.32 Å². The molecule has 144 valence electrons. The summed E-state index contributed by atoms with van der Waals surface area (Å²) in [7, 11) is 0. The smallest absolute Gasteiger partial charge is 0.408 e. The summed E-state index contributed by atoms with van der Waals surface area (Å²) < 4.78 is 5.44. The lowest BCUT2D eigenvalue weighted by molar-refractivity contribution is -0.144. The number of hydrogen-bond donors (Lipinski definition) is 2. The second kappa shape index (κ2) is 8.18. The second-order valence-corrected chi connectivity index (χ2v) is 7.15. The average molecular weight is 377 g/mol. The number of nitrogens with one attached hydrogen (secondary N) is 1. The monoisotopic (exact) mass is 377 g/mol. The Balaban J connectivity index is 1.69. The average Bonchev–Trinajstić information content (AvgIpc) is 3.00. The molecule has 0 saturated heterocycles. The lowest BCUT2D eigenvalue weighted by atomic mass is 9.95. The molecule has 1 amide bonds. The third kappa shape index (κ3) is 3.86. The van der Waals surface area contributed by atoms with Gasteiger partial charge in [0.15, 0.2) is 0 Å². The molecule has 28 heavy (non-hydrogen) atoms. The Morgan fingerprint density at radius 3 is 2.25 bits per heavy atom. The quantitative estimate of drug-likeness (QED) is 0.561. The van der Waals surface area contributed by atoms with Gasteiger partial charge in [0.25, 0.3) is 0 Å². The van der Waals surface area contributed by atoms with Gasteiger partial charge in [-0.3, -0.25) is 0 Å². The first-order valence-electron chi connectivity index (χ1n) is 9.26. The number of aliphatic carboxylic acids is 1. The largest absolute Gasteiger partial charge is 0.480 e. The maximum Gasteiger partial charge on any atom is 0.408 e. The van der Waals surface area contributed by atoms with Crippen LogP contribution in [0, 0.1) is 12.3 Å². The van der Waals surface area contributed by atoms with Crippen LogP contribution in [0.4, 0.5) is 4.79 Å². The highest BCUT2D eigenvalue weighted by Crippen LogP contribution is 2.44. The second-order valence-electron chi connectivity index (χ2n) is 7.15. The first-order chi connectivity index (χ1) is 13.5. The van der Waals surface area contributed by atoms with E-state index in [-0.39, 0.29) is 18.9 Å². The Bertz CT molecular complexity index is 885. The molecule has 0 spiro atoms. The number of carboxylic acids is 1. The van der Waals surface area contributed by atoms with Gasteiger partial charge in [0.2, 0.25) is 0 Å². The lowest BCUT2D eigenvalue weighted by Crippen LogP contribution is -2.52. The molecule has 2 aromatic carbocycles. The summed E-state index contributed by atoms with van der Waals surface area (Å²) >= 11 is 0. The molecule has 0 fully saturated rings. The minimum absolute atomic E-state index is 0.0734. The molecule has 2 N–H and O–H groups in total. The fraction of sp³-hybridized carbons (Fsp3) is 0.304. The molecule has 0 heterocycles. The van der Waals surface area contributed by atoms with Crippen LogP contribution in [0.3, 0.4) is 0 Å². The van der Waals surface area contributed by atoms with Gasteiger partial charge in [0.05, 0.1) is 0 Å². The SMILES string of the molecule is C#CCCCC(C)(NC(=O)OCC1c2ccccc2-c2ccccc21)C(=O)O. The summed E-state index contributed by atoms with van der Waals surface area (Å²) in [6.45, 7) is 1.60. The van der Waals surface area contributed by atoms with E-state index in [1.54, 1.807) is 0 Å². The minimum Gasteiger partial charge on any atom is -0.480 e. The molecule has 2 aromatic rings. The highest BCUT2D eigenvalue weighted by molar-refractivity contribution is 5.84. The normalized spacial score (nSPS) is 14.3. The number of carboxylic acid groups (broad SMARTS) is 1. The van der Waals surface area contributed by atoms with Crippen LogP contribution in [0.25, 0.3) is 11.1 Å². The van der Waals surface area contributed by atoms with E-state index in [1.165, 1.54) is 6.92 Å². The molecule has 0 saturated carbocycles. The summed E-state index contributed by atoms with van der Waals surface area (Å²) in [6, 6.07) is 16.1. The summed E-state index contributed by atoms with van der Waals surface area (Å²) in [5.41, 5.74) is 3.06. The van der Waals surface area contributed by atoms with Gasteiger partial charge in [-0.1, -0.05) is 48.5 Å². The van der Waals surface area contributed by atoms with Gasteiger partial charge in [-0.15, -0.1) is 12.3 Å². The highest BCUT2D eigenvalue weighted by atomic mass is 16.5. The molecule has 1 aliphatic rings. The van der Waals surface area contributed by atoms with E-state index in [0.717, 1.165) is 22.3 Å². The predicted octanol–water partition coefficient (Wildman–Crippen LogP) is 4.17. The molecule has 5 heteroatoms. The van der Waals surface area contributed by atoms with E-state index in [4.69, 9.17) is 11.2 Å². The van der Waals surface area contributed by atoms with E-state index in [0.29, 0.717) is 12.8 Å². The number of amides is 1. The maximum absolute atomic E-state index is 12.3. The first kappa shape index (κ1) is 19.5. The Kier molecular flexibility index (Phi) is 5.70. The minimum atomic E-state index is -1.42. The summed E-state index contributed by atoms with van der Waals surface area (Å²) in [5, 5.41) is 12.0. The Hall–Kier alpha value is -3.26. The van der Waals surface area contributed by atoms with Crippen molar-refractivity contribution in [3.05, 3.63) is 59.7 Å². The number of carbonyl (C=O) groups is 2. The standard InChI is InChI=1S/C23H23NO4/c1-3-4-9-14-23(2,21(25)26)24-22(27)28-15-20-18-12-7-5-10-16(18)17-11-6-8-13-19(17)20/h1,5-8,10-13,20H,4,9,14-15H2,2H3,(H,24,27)(H,25,26). The fourth-order valence-electron chi connectivity index (χ4n) is 3.63. The van der Waals surface area contributed by atoms with Crippen LogP contribution in [-0.2, 0) is 9.53 Å². The zero-order chi connectivity index (χ0) is 20.1. The topological polar surface area (TPSA) is 75.6 Å². The lowest BCUT2D eigenvalue weighted by Gasteiger charge is -2.26. The number of unbranched alkanes of at least 4 members (excludes halogenated alkanes) is 1. The van der Waals surface area contributed by atoms with E-state index < -0.39 is 17.6 Å². The predicted molar refractivity (Wildman–Crippen MR) is 107 cm³/mol. The van der Waals surface area contributed by atoms with Crippen molar-refractivity contribution in [3.8, 4) is 23.5 Å². The van der Waals surface area contributed by atoms with Crippen LogP contribution in [0.1, 0.15) is 43.2 Å². The van der Waals surface area contributed by atoms with Gasteiger partial charge in [0, 0.05) is 12.3 Å². The molecule has 1 aliphatic carbocycles. The summed E-state index contributed by atoms with van der Waals surface area (Å²) in [4.78, 5) is 24.0. The van der Waals surface area contributed by atoms with Crippen molar-refractivity contribution in [2.45, 2.75) is 37.6 Å². The van der Waals surface area contributed by atoms with Crippen molar-refractivity contribution in [2.24, 2.45) is 0 Å². The van der Waals surface area contributed by atoms with Crippen LogP contribution in [0.15, 0.2) is 48.5 Å². The number of terminal acetylenes is 1. The van der Waals surface area contributed by atoms with Crippen LogP contribution in [0.5, 0.6) is 0 Å². The van der Waals surface area contributed by atoms with Crippen LogP contribution in [0.2, 0.25) is 0 Å². The van der Waals surface area contributed by atoms with E-state index in [9.17, 15) is 14.7 Å². The van der Waals surface area contributed by atoms with Gasteiger partial charge < -0.3 is 15.2 Å². The third-order valence-electron chi connectivity index (χ3n) is 5.19. The summed E-state index contributed by atoms with van der Waals surface area (Å²) in [5.74, 6) is 1.29. The Labute approximate surface area is 164 Å². The van der Waals surface area contributed by atoms with Crippen molar-refractivity contribution < 1.29 is 19.4 Å². The number of hydrogen-bond acceptors (Lipinski definition) is 3. The van der Waals surface area contributed by atoms with Gasteiger partial charge in [-0.05, 0) is 42.0 Å². The van der Waals surface area contributed by atoms with E-state index in [2.05, 4.69) is 23.4 Å². The Morgan fingerprint density at radius 1 is 1.14 bits per heavy atom. The maximum atomic E-state index is 12.3. The van der Waals surface area contributed by atoms with Crippen molar-refractivity contribution in [3.63, 3.8) is 0 Å². The number of fused-ring (bicyclic) bond motifs is 3. The van der Waals surface area contributed by atoms with Crippen molar-refractivity contribution in [1.29, 1.82) is 0 Å². The molecule has 0 radical (unpaired) electrons. The molecule has 0 aromatic heterocycles. The zero-order valence-electron chi connectivity index (χ0n) is 15.8. The van der Waals surface area contributed by atoms with Crippen LogP contribution in [-0.4, -0.2) is 29.3 Å². The van der Waals surface area contributed by atoms with E-state index in [1.807, 2.05) is 36.4 Å².